The third-order valence-corrected chi connectivity index (χ3v) is 3.07. The van der Waals surface area contributed by atoms with Gasteiger partial charge in [0.25, 0.3) is 0 Å². The van der Waals surface area contributed by atoms with Crippen LogP contribution in [0.2, 0.25) is 0 Å². The Labute approximate surface area is 82.4 Å². The smallest absolute Gasteiger partial charge is 0.243 e. The first-order valence-corrected chi connectivity index (χ1v) is 4.31. The van der Waals surface area contributed by atoms with Crippen molar-refractivity contribution in [3.63, 3.8) is 0 Å². The molecule has 2 fully saturated rings. The molecule has 0 aromatic rings. The fourth-order valence-electron chi connectivity index (χ4n) is 2.24. The van der Waals surface area contributed by atoms with E-state index in [1.807, 2.05) is 0 Å². The van der Waals surface area contributed by atoms with E-state index in [4.69, 9.17) is 4.74 Å². The van der Waals surface area contributed by atoms with Gasteiger partial charge in [0.15, 0.2) is 0 Å². The van der Waals surface area contributed by atoms with E-state index < -0.39 is 12.3 Å². The summed E-state index contributed by atoms with van der Waals surface area (Å²) in [5, 5.41) is 3.03. The molecule has 0 bridgehead atoms. The van der Waals surface area contributed by atoms with Gasteiger partial charge in [-0.15, -0.1) is 12.4 Å². The summed E-state index contributed by atoms with van der Waals surface area (Å²) >= 11 is 0. The van der Waals surface area contributed by atoms with Crippen LogP contribution in [0, 0.1) is 11.3 Å². The average molecular weight is 214 g/mol. The number of hydrogen-bond donors (Lipinski definition) is 1. The van der Waals surface area contributed by atoms with Gasteiger partial charge in [-0.2, -0.15) is 0 Å². The van der Waals surface area contributed by atoms with Crippen LogP contribution in [-0.4, -0.2) is 32.7 Å². The zero-order chi connectivity index (χ0) is 8.60. The zero-order valence-electron chi connectivity index (χ0n) is 7.26. The number of rotatable bonds is 1. The monoisotopic (exact) mass is 213 g/mol. The zero-order valence-corrected chi connectivity index (χ0v) is 8.08. The van der Waals surface area contributed by atoms with Crippen molar-refractivity contribution in [2.75, 3.05) is 26.3 Å². The van der Waals surface area contributed by atoms with Gasteiger partial charge in [0.05, 0.1) is 6.61 Å². The summed E-state index contributed by atoms with van der Waals surface area (Å²) in [7, 11) is 0. The van der Waals surface area contributed by atoms with Crippen molar-refractivity contribution in [1.29, 1.82) is 0 Å². The standard InChI is InChI=1S/C8H13F2NO.ClH/c9-7(10)6-3-11-4-8(6)1-2-12-5-8;/h6-7,11H,1-5H2;1H. The minimum absolute atomic E-state index is 0. The predicted octanol–water partition coefficient (Wildman–Crippen LogP) is 1.30. The van der Waals surface area contributed by atoms with Crippen molar-refractivity contribution < 1.29 is 13.5 Å². The molecule has 2 rings (SSSR count). The van der Waals surface area contributed by atoms with Crippen molar-refractivity contribution in [3.05, 3.63) is 0 Å². The second-order valence-electron chi connectivity index (χ2n) is 3.74. The fourth-order valence-corrected chi connectivity index (χ4v) is 2.24. The van der Waals surface area contributed by atoms with Crippen LogP contribution in [0.15, 0.2) is 0 Å². The molecule has 1 spiro atoms. The van der Waals surface area contributed by atoms with Gasteiger partial charge >= 0.3 is 0 Å². The van der Waals surface area contributed by atoms with Gasteiger partial charge in [-0.1, -0.05) is 0 Å². The van der Waals surface area contributed by atoms with E-state index in [9.17, 15) is 8.78 Å². The molecule has 0 aliphatic carbocycles. The quantitative estimate of drug-likeness (QED) is 0.709. The Bertz CT molecular complexity index is 168. The summed E-state index contributed by atoms with van der Waals surface area (Å²) in [6, 6.07) is 0. The Morgan fingerprint density at radius 3 is 2.77 bits per heavy atom. The molecule has 1 N–H and O–H groups in total. The lowest BCUT2D eigenvalue weighted by Crippen LogP contribution is -2.34. The van der Waals surface area contributed by atoms with Gasteiger partial charge in [0.2, 0.25) is 6.43 Å². The van der Waals surface area contributed by atoms with E-state index in [1.165, 1.54) is 0 Å². The average Bonchev–Trinajstić information content (AvgIpc) is 2.61. The Kier molecular flexibility index (Phi) is 3.49. The highest BCUT2D eigenvalue weighted by Gasteiger charge is 2.49. The van der Waals surface area contributed by atoms with Crippen LogP contribution in [0.3, 0.4) is 0 Å². The maximum atomic E-state index is 12.5. The summed E-state index contributed by atoms with van der Waals surface area (Å²) in [6.07, 6.45) is -1.42. The Morgan fingerprint density at radius 1 is 1.46 bits per heavy atom. The second kappa shape index (κ2) is 4.07. The van der Waals surface area contributed by atoms with Gasteiger partial charge < -0.3 is 10.1 Å². The molecule has 13 heavy (non-hydrogen) atoms. The molecule has 2 atom stereocenters. The minimum Gasteiger partial charge on any atom is -0.381 e. The predicted molar refractivity (Wildman–Crippen MR) is 47.5 cm³/mol. The first-order chi connectivity index (χ1) is 5.75. The highest BCUT2D eigenvalue weighted by atomic mass is 35.5. The van der Waals surface area contributed by atoms with Crippen LogP contribution in [0.25, 0.3) is 0 Å². The lowest BCUT2D eigenvalue weighted by molar-refractivity contribution is 0.0161. The van der Waals surface area contributed by atoms with Gasteiger partial charge in [0, 0.05) is 31.0 Å². The molecule has 0 aromatic heterocycles. The molecule has 2 aliphatic heterocycles. The molecular weight excluding hydrogens is 200 g/mol. The topological polar surface area (TPSA) is 21.3 Å². The molecule has 0 aromatic carbocycles. The van der Waals surface area contributed by atoms with Crippen molar-refractivity contribution in [2.45, 2.75) is 12.8 Å². The summed E-state index contributed by atoms with van der Waals surface area (Å²) in [5.74, 6) is -0.500. The largest absolute Gasteiger partial charge is 0.381 e. The number of nitrogens with one attached hydrogen (secondary N) is 1. The molecule has 2 saturated heterocycles. The maximum absolute atomic E-state index is 12.5. The summed E-state index contributed by atoms with van der Waals surface area (Å²) in [4.78, 5) is 0. The van der Waals surface area contributed by atoms with Crippen molar-refractivity contribution in [3.8, 4) is 0 Å². The van der Waals surface area contributed by atoms with Crippen molar-refractivity contribution in [2.24, 2.45) is 11.3 Å². The molecule has 2 unspecified atom stereocenters. The summed E-state index contributed by atoms with van der Waals surface area (Å²) in [6.45, 7) is 2.29. The van der Waals surface area contributed by atoms with Gasteiger partial charge in [0.1, 0.15) is 0 Å². The molecule has 0 radical (unpaired) electrons. The Hall–Kier alpha value is 0.0700. The molecule has 78 valence electrons. The maximum Gasteiger partial charge on any atom is 0.243 e. The second-order valence-corrected chi connectivity index (χ2v) is 3.74. The van der Waals surface area contributed by atoms with Crippen molar-refractivity contribution >= 4 is 12.4 Å². The van der Waals surface area contributed by atoms with Crippen LogP contribution in [0.4, 0.5) is 8.78 Å². The van der Waals surface area contributed by atoms with Gasteiger partial charge in [-0.25, -0.2) is 8.78 Å². The van der Waals surface area contributed by atoms with E-state index in [1.54, 1.807) is 0 Å². The minimum atomic E-state index is -2.21. The molecule has 2 aliphatic rings. The van der Waals surface area contributed by atoms with Crippen LogP contribution in [-0.2, 0) is 4.74 Å². The highest BCUT2D eigenvalue weighted by molar-refractivity contribution is 5.85. The van der Waals surface area contributed by atoms with E-state index in [-0.39, 0.29) is 17.8 Å². The van der Waals surface area contributed by atoms with Crippen LogP contribution in [0.1, 0.15) is 6.42 Å². The van der Waals surface area contributed by atoms with E-state index in [0.29, 0.717) is 26.3 Å². The molecule has 0 amide bonds. The fraction of sp³-hybridized carbons (Fsp3) is 1.00. The third kappa shape index (κ3) is 1.80. The highest BCUT2D eigenvalue weighted by Crippen LogP contribution is 2.42. The molecular formula is C8H14ClF2NO. The lowest BCUT2D eigenvalue weighted by atomic mass is 9.78. The SMILES string of the molecule is Cl.FC(F)C1CNCC12CCOC2. The number of hydrogen-bond acceptors (Lipinski definition) is 2. The first kappa shape index (κ1) is 11.1. The Balaban J connectivity index is 0.000000845. The number of halogens is 3. The van der Waals surface area contributed by atoms with E-state index in [2.05, 4.69) is 5.32 Å². The molecule has 2 nitrogen and oxygen atoms in total. The van der Waals surface area contributed by atoms with Crippen LogP contribution >= 0.6 is 12.4 Å². The molecule has 0 saturated carbocycles. The lowest BCUT2D eigenvalue weighted by Gasteiger charge is -2.27. The van der Waals surface area contributed by atoms with E-state index >= 15 is 0 Å². The van der Waals surface area contributed by atoms with E-state index in [0.717, 1.165) is 6.42 Å². The van der Waals surface area contributed by atoms with Crippen LogP contribution in [0.5, 0.6) is 0 Å². The normalized spacial score (nSPS) is 38.5. The van der Waals surface area contributed by atoms with Gasteiger partial charge in [-0.3, -0.25) is 0 Å². The summed E-state index contributed by atoms with van der Waals surface area (Å²) in [5.41, 5.74) is -0.256. The van der Waals surface area contributed by atoms with Gasteiger partial charge in [-0.05, 0) is 6.42 Å². The van der Waals surface area contributed by atoms with Crippen molar-refractivity contribution in [1.82, 2.24) is 5.32 Å². The molecule has 5 heteroatoms. The third-order valence-electron chi connectivity index (χ3n) is 3.07. The Morgan fingerprint density at radius 2 is 2.23 bits per heavy atom. The number of alkyl halides is 2. The summed E-state index contributed by atoms with van der Waals surface area (Å²) < 4.78 is 30.3. The van der Waals surface area contributed by atoms with Crippen LogP contribution < -0.4 is 5.32 Å². The first-order valence-electron chi connectivity index (χ1n) is 4.31. The number of ether oxygens (including phenoxy) is 1. The molecule has 2 heterocycles.